The predicted octanol–water partition coefficient (Wildman–Crippen LogP) is 3.19. The fraction of sp³-hybridized carbons (Fsp3) is 0.611. The first-order valence-corrected chi connectivity index (χ1v) is 8.58. The van der Waals surface area contributed by atoms with Crippen LogP contribution >= 0.6 is 0 Å². The Kier molecular flexibility index (Phi) is 5.26. The van der Waals surface area contributed by atoms with Crippen molar-refractivity contribution in [2.45, 2.75) is 38.6 Å². The molecule has 0 spiro atoms. The summed E-state index contributed by atoms with van der Waals surface area (Å²) in [4.78, 5) is 16.6. The second-order valence-corrected chi connectivity index (χ2v) is 6.67. The van der Waals surface area contributed by atoms with Gasteiger partial charge in [0.2, 0.25) is 5.91 Å². The molecule has 0 atom stereocenters. The molecule has 23 heavy (non-hydrogen) atoms. The van der Waals surface area contributed by atoms with Crippen LogP contribution in [0.25, 0.3) is 0 Å². The second kappa shape index (κ2) is 7.39. The van der Waals surface area contributed by atoms with Gasteiger partial charge in [0, 0.05) is 44.2 Å². The molecule has 0 radical (unpaired) electrons. The maximum absolute atomic E-state index is 13.8. The summed E-state index contributed by atoms with van der Waals surface area (Å²) in [6.45, 7) is 3.39. The van der Waals surface area contributed by atoms with Crippen molar-refractivity contribution in [3.63, 3.8) is 0 Å². The minimum absolute atomic E-state index is 0.210. The van der Waals surface area contributed by atoms with E-state index < -0.39 is 5.82 Å². The Balaban J connectivity index is 1.57. The molecule has 1 aliphatic carbocycles. The third kappa shape index (κ3) is 4.08. The molecule has 1 heterocycles. The Morgan fingerprint density at radius 1 is 1.04 bits per heavy atom. The average Bonchev–Trinajstić information content (AvgIpc) is 2.98. The van der Waals surface area contributed by atoms with Crippen LogP contribution in [0.1, 0.15) is 37.7 Å². The maximum atomic E-state index is 13.8. The van der Waals surface area contributed by atoms with Crippen molar-refractivity contribution in [3.8, 4) is 0 Å². The molecule has 1 saturated heterocycles. The number of amides is 1. The zero-order valence-corrected chi connectivity index (χ0v) is 13.4. The minimum atomic E-state index is -0.408. The van der Waals surface area contributed by atoms with Crippen molar-refractivity contribution < 1.29 is 13.6 Å². The molecule has 1 amide bonds. The van der Waals surface area contributed by atoms with Crippen molar-refractivity contribution in [2.24, 2.45) is 5.92 Å². The maximum Gasteiger partial charge on any atom is 0.225 e. The van der Waals surface area contributed by atoms with Crippen LogP contribution in [0.5, 0.6) is 0 Å². The lowest BCUT2D eigenvalue weighted by molar-refractivity contribution is -0.135. The Labute approximate surface area is 136 Å². The average molecular weight is 322 g/mol. The third-order valence-electron chi connectivity index (χ3n) is 5.01. The summed E-state index contributed by atoms with van der Waals surface area (Å²) in [6.07, 6.45) is 5.25. The minimum Gasteiger partial charge on any atom is -0.341 e. The first-order chi connectivity index (χ1) is 11.1. The van der Waals surface area contributed by atoms with Crippen molar-refractivity contribution in [1.82, 2.24) is 9.80 Å². The van der Waals surface area contributed by atoms with Gasteiger partial charge in [-0.05, 0) is 37.5 Å². The molecule has 1 saturated carbocycles. The monoisotopic (exact) mass is 322 g/mol. The summed E-state index contributed by atoms with van der Waals surface area (Å²) in [7, 11) is 0. The molecular weight excluding hydrogens is 298 g/mol. The van der Waals surface area contributed by atoms with Crippen LogP contribution in [0.2, 0.25) is 0 Å². The van der Waals surface area contributed by atoms with E-state index in [1.54, 1.807) is 0 Å². The molecule has 3 nitrogen and oxygen atoms in total. The van der Waals surface area contributed by atoms with Crippen LogP contribution < -0.4 is 0 Å². The Hall–Kier alpha value is -1.49. The smallest absolute Gasteiger partial charge is 0.225 e. The van der Waals surface area contributed by atoms with E-state index in [2.05, 4.69) is 4.90 Å². The molecule has 3 rings (SSSR count). The Bertz CT molecular complexity index is 558. The molecule has 1 aromatic rings. The standard InChI is InChI=1S/C18H24F2N2O/c19-16-6-7-17(20)15(12-16)13-21-8-3-9-22(11-10-21)18(23)14-4-1-2-5-14/h6-7,12,14H,1-5,8-11,13H2. The highest BCUT2D eigenvalue weighted by Gasteiger charge is 2.28. The molecule has 0 aromatic heterocycles. The first-order valence-electron chi connectivity index (χ1n) is 8.58. The van der Waals surface area contributed by atoms with Crippen LogP contribution in [-0.4, -0.2) is 41.9 Å². The first kappa shape index (κ1) is 16.4. The second-order valence-electron chi connectivity index (χ2n) is 6.67. The van der Waals surface area contributed by atoms with Crippen LogP contribution in [0.15, 0.2) is 18.2 Å². The number of benzene rings is 1. The van der Waals surface area contributed by atoms with Crippen LogP contribution in [0.3, 0.4) is 0 Å². The number of carbonyl (C=O) groups excluding carboxylic acids is 1. The van der Waals surface area contributed by atoms with Crippen LogP contribution in [0, 0.1) is 17.6 Å². The highest BCUT2D eigenvalue weighted by molar-refractivity contribution is 5.79. The van der Waals surface area contributed by atoms with Crippen molar-refractivity contribution >= 4 is 5.91 Å². The van der Waals surface area contributed by atoms with Gasteiger partial charge >= 0.3 is 0 Å². The normalized spacial score (nSPS) is 20.7. The topological polar surface area (TPSA) is 23.6 Å². The molecule has 2 aliphatic rings. The number of halogens is 2. The molecule has 1 aliphatic heterocycles. The molecule has 0 bridgehead atoms. The highest BCUT2D eigenvalue weighted by Crippen LogP contribution is 2.27. The lowest BCUT2D eigenvalue weighted by Crippen LogP contribution is -2.38. The SMILES string of the molecule is O=C(C1CCCC1)N1CCCN(Cc2cc(F)ccc2F)CC1. The van der Waals surface area contributed by atoms with Gasteiger partial charge in [0.25, 0.3) is 0 Å². The summed E-state index contributed by atoms with van der Waals surface area (Å²) in [5, 5.41) is 0. The van der Waals surface area contributed by atoms with Gasteiger partial charge in [-0.25, -0.2) is 8.78 Å². The molecule has 0 N–H and O–H groups in total. The molecule has 1 aromatic carbocycles. The van der Waals surface area contributed by atoms with E-state index >= 15 is 0 Å². The third-order valence-corrected chi connectivity index (χ3v) is 5.01. The number of carbonyl (C=O) groups is 1. The molecule has 0 unspecified atom stereocenters. The van der Waals surface area contributed by atoms with Crippen LogP contribution in [0.4, 0.5) is 8.78 Å². The molecular formula is C18H24F2N2O. The van der Waals surface area contributed by atoms with E-state index in [1.807, 2.05) is 4.90 Å². The van der Waals surface area contributed by atoms with E-state index in [1.165, 1.54) is 12.1 Å². The summed E-state index contributed by atoms with van der Waals surface area (Å²) < 4.78 is 27.1. The Morgan fingerprint density at radius 2 is 1.83 bits per heavy atom. The largest absolute Gasteiger partial charge is 0.341 e. The van der Waals surface area contributed by atoms with E-state index in [0.717, 1.165) is 51.3 Å². The van der Waals surface area contributed by atoms with Gasteiger partial charge in [0.05, 0.1) is 0 Å². The quantitative estimate of drug-likeness (QED) is 0.853. The van der Waals surface area contributed by atoms with Gasteiger partial charge in [-0.2, -0.15) is 0 Å². The van der Waals surface area contributed by atoms with E-state index in [9.17, 15) is 13.6 Å². The lowest BCUT2D eigenvalue weighted by atomic mass is 10.1. The summed E-state index contributed by atoms with van der Waals surface area (Å²) in [5.74, 6) is -0.271. The van der Waals surface area contributed by atoms with Gasteiger partial charge in [-0.3, -0.25) is 9.69 Å². The van der Waals surface area contributed by atoms with E-state index in [4.69, 9.17) is 0 Å². The van der Waals surface area contributed by atoms with Gasteiger partial charge in [-0.1, -0.05) is 12.8 Å². The zero-order chi connectivity index (χ0) is 16.2. The highest BCUT2D eigenvalue weighted by atomic mass is 19.1. The van der Waals surface area contributed by atoms with E-state index in [-0.39, 0.29) is 11.7 Å². The van der Waals surface area contributed by atoms with Crippen molar-refractivity contribution in [3.05, 3.63) is 35.4 Å². The predicted molar refractivity (Wildman–Crippen MR) is 84.8 cm³/mol. The van der Waals surface area contributed by atoms with Gasteiger partial charge in [-0.15, -0.1) is 0 Å². The van der Waals surface area contributed by atoms with Gasteiger partial charge in [0.1, 0.15) is 11.6 Å². The summed E-state index contributed by atoms with van der Waals surface area (Å²) in [6, 6.07) is 3.59. The molecule has 5 heteroatoms. The number of hydrogen-bond donors (Lipinski definition) is 0. The van der Waals surface area contributed by atoms with Crippen molar-refractivity contribution in [2.75, 3.05) is 26.2 Å². The summed E-state index contributed by atoms with van der Waals surface area (Å²) >= 11 is 0. The fourth-order valence-corrected chi connectivity index (χ4v) is 3.69. The van der Waals surface area contributed by atoms with Gasteiger partial charge in [0.15, 0.2) is 0 Å². The lowest BCUT2D eigenvalue weighted by Gasteiger charge is -2.24. The van der Waals surface area contributed by atoms with Crippen LogP contribution in [-0.2, 0) is 11.3 Å². The Morgan fingerprint density at radius 3 is 2.61 bits per heavy atom. The van der Waals surface area contributed by atoms with E-state index in [0.29, 0.717) is 31.1 Å². The molecule has 2 fully saturated rings. The zero-order valence-electron chi connectivity index (χ0n) is 13.4. The molecule has 126 valence electrons. The summed E-state index contributed by atoms with van der Waals surface area (Å²) in [5.41, 5.74) is 0.389. The van der Waals surface area contributed by atoms with Crippen molar-refractivity contribution in [1.29, 1.82) is 0 Å². The number of rotatable bonds is 3. The number of nitrogens with zero attached hydrogens (tertiary/aromatic N) is 2. The number of hydrogen-bond acceptors (Lipinski definition) is 2. The van der Waals surface area contributed by atoms with Gasteiger partial charge < -0.3 is 4.90 Å². The fourth-order valence-electron chi connectivity index (χ4n) is 3.69.